The molecule has 0 atom stereocenters. The van der Waals surface area contributed by atoms with Crippen LogP contribution in [0.2, 0.25) is 0 Å². The zero-order valence-electron chi connectivity index (χ0n) is 17.5. The number of aromatic nitrogens is 2. The van der Waals surface area contributed by atoms with Crippen LogP contribution in [0.25, 0.3) is 28.0 Å². The molecule has 30 heavy (non-hydrogen) atoms. The average Bonchev–Trinajstić information content (AvgIpc) is 3.16. The Labute approximate surface area is 177 Å². The fourth-order valence-electron chi connectivity index (χ4n) is 3.44. The lowest BCUT2D eigenvalue weighted by Crippen LogP contribution is -2.05. The van der Waals surface area contributed by atoms with Crippen LogP contribution in [0.4, 0.5) is 0 Å². The van der Waals surface area contributed by atoms with Gasteiger partial charge in [0, 0.05) is 24.2 Å². The molecule has 0 saturated carbocycles. The summed E-state index contributed by atoms with van der Waals surface area (Å²) in [4.78, 5) is 8.80. The number of ether oxygens (including phenoxy) is 1. The first-order chi connectivity index (χ1) is 14.5. The summed E-state index contributed by atoms with van der Waals surface area (Å²) in [6.07, 6.45) is 7.53. The molecule has 4 heteroatoms. The summed E-state index contributed by atoms with van der Waals surface area (Å²) in [5, 5.41) is 0. The molecule has 0 fully saturated rings. The van der Waals surface area contributed by atoms with Crippen molar-refractivity contribution in [3.8, 4) is 28.1 Å². The van der Waals surface area contributed by atoms with Crippen LogP contribution in [-0.2, 0) is 0 Å². The Morgan fingerprint density at radius 3 is 2.50 bits per heavy atom. The van der Waals surface area contributed by atoms with E-state index in [9.17, 15) is 0 Å². The van der Waals surface area contributed by atoms with Crippen molar-refractivity contribution in [1.82, 2.24) is 9.38 Å². The van der Waals surface area contributed by atoms with Crippen molar-refractivity contribution in [2.75, 3.05) is 0 Å². The number of hydrogen-bond acceptors (Lipinski definition) is 3. The Balaban J connectivity index is 1.68. The molecule has 0 bridgehead atoms. The lowest BCUT2D eigenvalue weighted by atomic mass is 10.0. The van der Waals surface area contributed by atoms with Crippen LogP contribution in [-0.4, -0.2) is 21.7 Å². The number of benzene rings is 2. The van der Waals surface area contributed by atoms with E-state index in [1.807, 2.05) is 38.4 Å². The summed E-state index contributed by atoms with van der Waals surface area (Å²) in [6.45, 7) is 9.78. The minimum Gasteiger partial charge on any atom is -0.491 e. The lowest BCUT2D eigenvalue weighted by Gasteiger charge is -2.10. The molecule has 2 heterocycles. The van der Waals surface area contributed by atoms with Gasteiger partial charge in [-0.3, -0.25) is 9.39 Å². The highest BCUT2D eigenvalue weighted by Gasteiger charge is 2.09. The number of hydrogen-bond donors (Lipinski definition) is 0. The molecule has 0 aliphatic carbocycles. The van der Waals surface area contributed by atoms with Crippen molar-refractivity contribution in [2.24, 2.45) is 4.99 Å². The van der Waals surface area contributed by atoms with E-state index < -0.39 is 0 Å². The highest BCUT2D eigenvalue weighted by Crippen LogP contribution is 2.27. The van der Waals surface area contributed by atoms with E-state index in [-0.39, 0.29) is 6.10 Å². The number of aryl methyl sites for hydroxylation is 1. The molecular weight excluding hydrogens is 370 g/mol. The molecule has 0 aliphatic heterocycles. The van der Waals surface area contributed by atoms with Gasteiger partial charge in [0.1, 0.15) is 11.4 Å². The molecule has 0 saturated heterocycles. The minimum absolute atomic E-state index is 0.167. The van der Waals surface area contributed by atoms with Crippen LogP contribution in [0.5, 0.6) is 5.75 Å². The Kier molecular flexibility index (Phi) is 5.48. The fourth-order valence-corrected chi connectivity index (χ4v) is 3.44. The van der Waals surface area contributed by atoms with Crippen LogP contribution < -0.4 is 4.74 Å². The summed E-state index contributed by atoms with van der Waals surface area (Å²) >= 11 is 0. The largest absolute Gasteiger partial charge is 0.491 e. The second kappa shape index (κ2) is 8.37. The van der Waals surface area contributed by atoms with Crippen LogP contribution in [0.15, 0.2) is 84.8 Å². The predicted molar refractivity (Wildman–Crippen MR) is 124 cm³/mol. The molecule has 4 rings (SSSR count). The van der Waals surface area contributed by atoms with Crippen LogP contribution in [0.3, 0.4) is 0 Å². The molecule has 0 unspecified atom stereocenters. The van der Waals surface area contributed by atoms with Gasteiger partial charge in [-0.1, -0.05) is 30.8 Å². The Morgan fingerprint density at radius 1 is 1.00 bits per heavy atom. The van der Waals surface area contributed by atoms with Gasteiger partial charge in [-0.05, 0) is 73.4 Å². The maximum Gasteiger partial charge on any atom is 0.137 e. The lowest BCUT2D eigenvalue weighted by molar-refractivity contribution is 0.242. The van der Waals surface area contributed by atoms with Gasteiger partial charge in [0.15, 0.2) is 0 Å². The van der Waals surface area contributed by atoms with Crippen molar-refractivity contribution < 1.29 is 4.74 Å². The van der Waals surface area contributed by atoms with Crippen LogP contribution in [0, 0.1) is 6.92 Å². The van der Waals surface area contributed by atoms with E-state index in [1.54, 1.807) is 6.20 Å². The normalized spacial score (nSPS) is 11.5. The maximum atomic E-state index is 5.74. The summed E-state index contributed by atoms with van der Waals surface area (Å²) in [5.74, 6) is 0.882. The Morgan fingerprint density at radius 2 is 1.77 bits per heavy atom. The van der Waals surface area contributed by atoms with Gasteiger partial charge >= 0.3 is 0 Å². The van der Waals surface area contributed by atoms with Gasteiger partial charge in [-0.2, -0.15) is 0 Å². The summed E-state index contributed by atoms with van der Waals surface area (Å²) < 4.78 is 7.85. The molecule has 2 aromatic carbocycles. The molecule has 0 spiro atoms. The first-order valence-electron chi connectivity index (χ1n) is 10.0. The number of nitrogens with zero attached hydrogens (tertiary/aromatic N) is 3. The number of aliphatic imine (C=N–C) groups is 1. The number of fused-ring (bicyclic) bond motifs is 1. The molecule has 0 N–H and O–H groups in total. The van der Waals surface area contributed by atoms with E-state index in [4.69, 9.17) is 4.74 Å². The fraction of sp³-hybridized carbons (Fsp3) is 0.154. The third-order valence-electron chi connectivity index (χ3n) is 4.97. The molecule has 0 radical (unpaired) electrons. The third kappa shape index (κ3) is 4.03. The van der Waals surface area contributed by atoms with Gasteiger partial charge in [-0.25, -0.2) is 4.98 Å². The zero-order chi connectivity index (χ0) is 21.1. The first-order valence-corrected chi connectivity index (χ1v) is 10.0. The predicted octanol–water partition coefficient (Wildman–Crippen LogP) is 6.33. The summed E-state index contributed by atoms with van der Waals surface area (Å²) in [5.41, 5.74) is 7.56. The maximum absolute atomic E-state index is 5.74. The zero-order valence-corrected chi connectivity index (χ0v) is 17.5. The molecular formula is C26H25N3O. The van der Waals surface area contributed by atoms with E-state index >= 15 is 0 Å². The van der Waals surface area contributed by atoms with Crippen LogP contribution in [0.1, 0.15) is 25.0 Å². The van der Waals surface area contributed by atoms with Crippen molar-refractivity contribution in [3.05, 3.63) is 90.9 Å². The standard InChI is InChI=1S/C26H25N3O/c1-5-27-16-23-14-22(7-6-19(23)4)25-17-28-26-15-21(12-13-29(25)26)20-8-10-24(11-9-20)30-18(2)3/h5-18H,1H2,2-4H3. The van der Waals surface area contributed by atoms with E-state index in [0.29, 0.717) is 0 Å². The molecule has 4 nitrogen and oxygen atoms in total. The van der Waals surface area contributed by atoms with Crippen molar-refractivity contribution in [3.63, 3.8) is 0 Å². The smallest absolute Gasteiger partial charge is 0.137 e. The number of pyridine rings is 1. The molecule has 150 valence electrons. The highest BCUT2D eigenvalue weighted by atomic mass is 16.5. The van der Waals surface area contributed by atoms with Gasteiger partial charge in [0.05, 0.1) is 18.0 Å². The highest BCUT2D eigenvalue weighted by molar-refractivity contribution is 5.85. The van der Waals surface area contributed by atoms with Gasteiger partial charge in [0.2, 0.25) is 0 Å². The van der Waals surface area contributed by atoms with Crippen LogP contribution >= 0.6 is 0 Å². The molecule has 2 aromatic heterocycles. The SMILES string of the molecule is C=CN=Cc1cc(-c2cnc3cc(-c4ccc(OC(C)C)cc4)ccn23)ccc1C. The Bertz CT molecular complexity index is 1220. The van der Waals surface area contributed by atoms with Gasteiger partial charge in [-0.15, -0.1) is 0 Å². The second-order valence-electron chi connectivity index (χ2n) is 7.51. The average molecular weight is 396 g/mol. The Hall–Kier alpha value is -3.66. The summed E-state index contributed by atoms with van der Waals surface area (Å²) in [7, 11) is 0. The van der Waals surface area contributed by atoms with Gasteiger partial charge in [0.25, 0.3) is 0 Å². The van der Waals surface area contributed by atoms with Gasteiger partial charge < -0.3 is 4.74 Å². The molecule has 0 amide bonds. The van der Waals surface area contributed by atoms with E-state index in [0.717, 1.165) is 39.3 Å². The van der Waals surface area contributed by atoms with E-state index in [2.05, 4.69) is 76.5 Å². The summed E-state index contributed by atoms with van der Waals surface area (Å²) in [6, 6.07) is 18.8. The number of imidazole rings is 1. The van der Waals surface area contributed by atoms with Crippen molar-refractivity contribution in [2.45, 2.75) is 26.9 Å². The van der Waals surface area contributed by atoms with Crippen molar-refractivity contribution >= 4 is 11.9 Å². The van der Waals surface area contributed by atoms with E-state index in [1.165, 1.54) is 5.56 Å². The minimum atomic E-state index is 0.167. The quantitative estimate of drug-likeness (QED) is 0.358. The second-order valence-corrected chi connectivity index (χ2v) is 7.51. The number of rotatable bonds is 6. The molecule has 0 aliphatic rings. The monoisotopic (exact) mass is 395 g/mol. The first kappa shape index (κ1) is 19.6. The topological polar surface area (TPSA) is 38.9 Å². The van der Waals surface area contributed by atoms with Crippen molar-refractivity contribution in [1.29, 1.82) is 0 Å². The third-order valence-corrected chi connectivity index (χ3v) is 4.97. The molecule has 4 aromatic rings.